The van der Waals surface area contributed by atoms with Gasteiger partial charge in [0.15, 0.2) is 0 Å². The fourth-order valence-corrected chi connectivity index (χ4v) is 6.94. The molecule has 66 heavy (non-hydrogen) atoms. The van der Waals surface area contributed by atoms with E-state index in [0.29, 0.717) is 16.8 Å². The number of carbonyl (C=O) groups is 9. The lowest BCUT2D eigenvalue weighted by molar-refractivity contribution is -0.136. The maximum Gasteiger partial charge on any atom is 0.245 e. The van der Waals surface area contributed by atoms with Gasteiger partial charge in [-0.3, -0.25) is 43.2 Å². The molecule has 1 aliphatic heterocycles. The molecule has 0 aliphatic carbocycles. The van der Waals surface area contributed by atoms with Crippen LogP contribution in [-0.2, 0) is 62.4 Å². The monoisotopic (exact) mass is 916 g/mol. The standard InChI is InChI=1S/C42H52N12O12/c43-34(58)17-46-36(60)29(13-23-15-45-26-9-5-4-8-25(23)26)50-41(65)31(18-55)53-39(63)30(14-24-16-44-21-47-24)51-38(62)28(12-22-6-2-1-3-7-22)49-40(64)32(19-56)54-42(66)33(20-57)52-37(61)27-10-11-35(59)48-27/h1-9,15-16,21,27-33,45,55-57H,10-14,17-20H2,(H2,43,58)(H,44,47)(H,46,60)(H,48,59)(H,49,64)(H,50,65)(H,51,62)(H,52,61)(H,53,63)(H,54,66)/t27-,28-,29-,30-,31-,32-,33-/m0/s1. The predicted octanol–water partition coefficient (Wildman–Crippen LogP) is -5.32. The number of aromatic nitrogens is 3. The lowest BCUT2D eigenvalue weighted by Crippen LogP contribution is -2.61. The van der Waals surface area contributed by atoms with Crippen LogP contribution < -0.4 is 48.3 Å². The van der Waals surface area contributed by atoms with E-state index in [0.717, 1.165) is 10.9 Å². The van der Waals surface area contributed by atoms with Gasteiger partial charge in [0.2, 0.25) is 53.2 Å². The first-order valence-corrected chi connectivity index (χ1v) is 20.8. The molecule has 3 heterocycles. The van der Waals surface area contributed by atoms with E-state index in [1.807, 2.05) is 0 Å². The number of H-pyrrole nitrogens is 2. The van der Waals surface area contributed by atoms with Crippen molar-refractivity contribution in [1.29, 1.82) is 0 Å². The molecule has 5 rings (SSSR count). The number of aromatic amines is 2. The first-order chi connectivity index (χ1) is 31.7. The van der Waals surface area contributed by atoms with Crippen LogP contribution in [0.5, 0.6) is 0 Å². The van der Waals surface area contributed by atoms with Gasteiger partial charge in [0, 0.05) is 54.7 Å². The van der Waals surface area contributed by atoms with Gasteiger partial charge in [-0.1, -0.05) is 48.5 Å². The van der Waals surface area contributed by atoms with E-state index in [-0.39, 0.29) is 38.0 Å². The molecule has 9 amide bonds. The van der Waals surface area contributed by atoms with Gasteiger partial charge in [0.25, 0.3) is 0 Å². The minimum absolute atomic E-state index is 0.0832. The Morgan fingerprint density at radius 1 is 0.652 bits per heavy atom. The third-order valence-electron chi connectivity index (χ3n) is 10.5. The summed E-state index contributed by atoms with van der Waals surface area (Å²) in [4.78, 5) is 127. The molecule has 1 aliphatic rings. The minimum Gasteiger partial charge on any atom is -0.394 e. The van der Waals surface area contributed by atoms with Gasteiger partial charge in [0.05, 0.1) is 32.7 Å². The quantitative estimate of drug-likeness (QED) is 0.0313. The molecule has 0 radical (unpaired) electrons. The number of aliphatic hydroxyl groups excluding tert-OH is 3. The fraction of sp³-hybridized carbons (Fsp3) is 0.381. The SMILES string of the molecule is NC(=O)CNC(=O)[C@H](Cc1c[nH]c2ccccc12)NC(=O)[C@H](CO)NC(=O)[C@H](Cc1cnc[nH]1)NC(=O)[C@H](Cc1ccccc1)NC(=O)[C@H](CO)NC(=O)[C@H](CO)NC(=O)[C@@H]1CCC(=O)N1. The van der Waals surface area contributed by atoms with Gasteiger partial charge < -0.3 is 73.6 Å². The van der Waals surface area contributed by atoms with Crippen molar-refractivity contribution in [3.8, 4) is 0 Å². The molecule has 2 aromatic carbocycles. The molecule has 1 fully saturated rings. The van der Waals surface area contributed by atoms with Crippen LogP contribution in [0.3, 0.4) is 0 Å². The van der Waals surface area contributed by atoms with Crippen LogP contribution in [0.2, 0.25) is 0 Å². The zero-order chi connectivity index (χ0) is 47.8. The summed E-state index contributed by atoms with van der Waals surface area (Å²) in [5.74, 6) is -7.82. The van der Waals surface area contributed by atoms with Gasteiger partial charge >= 0.3 is 0 Å². The number of nitrogens with two attached hydrogens (primary N) is 1. The Hall–Kier alpha value is -7.70. The molecule has 352 valence electrons. The highest BCUT2D eigenvalue weighted by Crippen LogP contribution is 2.19. The van der Waals surface area contributed by atoms with Gasteiger partial charge in [-0.15, -0.1) is 0 Å². The first kappa shape index (κ1) is 49.3. The number of aliphatic hydroxyl groups is 3. The number of carbonyl (C=O) groups excluding carboxylic acids is 9. The number of primary amides is 1. The van der Waals surface area contributed by atoms with Crippen LogP contribution in [0.1, 0.15) is 29.7 Å². The molecule has 0 bridgehead atoms. The molecule has 24 heteroatoms. The van der Waals surface area contributed by atoms with Crippen molar-refractivity contribution in [2.24, 2.45) is 5.73 Å². The molecular formula is C42H52N12O12. The Balaban J connectivity index is 1.31. The normalized spacial score (nSPS) is 16.0. The summed E-state index contributed by atoms with van der Waals surface area (Å²) < 4.78 is 0. The molecule has 2 aromatic heterocycles. The Morgan fingerprint density at radius 2 is 1.18 bits per heavy atom. The minimum atomic E-state index is -1.72. The third kappa shape index (κ3) is 13.9. The second-order valence-corrected chi connectivity index (χ2v) is 15.3. The lowest BCUT2D eigenvalue weighted by atomic mass is 10.0. The van der Waals surface area contributed by atoms with Gasteiger partial charge in [-0.05, 0) is 23.6 Å². The molecule has 0 unspecified atom stereocenters. The Morgan fingerprint density at radius 3 is 1.73 bits per heavy atom. The second kappa shape index (κ2) is 23.8. The predicted molar refractivity (Wildman–Crippen MR) is 231 cm³/mol. The molecular weight excluding hydrogens is 865 g/mol. The van der Waals surface area contributed by atoms with Crippen LogP contribution in [0.25, 0.3) is 10.9 Å². The number of hydrogen-bond donors (Lipinski definition) is 14. The number of benzene rings is 2. The number of nitrogens with one attached hydrogen (secondary N) is 10. The number of imidazole rings is 1. The van der Waals surface area contributed by atoms with E-state index >= 15 is 0 Å². The maximum atomic E-state index is 14.1. The van der Waals surface area contributed by atoms with Crippen molar-refractivity contribution >= 4 is 64.1 Å². The van der Waals surface area contributed by atoms with Gasteiger partial charge in [-0.2, -0.15) is 0 Å². The van der Waals surface area contributed by atoms with Crippen molar-refractivity contribution in [1.82, 2.24) is 57.5 Å². The molecule has 4 aromatic rings. The zero-order valence-corrected chi connectivity index (χ0v) is 35.4. The highest BCUT2D eigenvalue weighted by atomic mass is 16.3. The number of nitrogens with zero attached hydrogens (tertiary/aromatic N) is 1. The molecule has 1 saturated heterocycles. The number of amides is 9. The van der Waals surface area contributed by atoms with Gasteiger partial charge in [-0.25, -0.2) is 4.98 Å². The number of fused-ring (bicyclic) bond motifs is 1. The summed E-state index contributed by atoms with van der Waals surface area (Å²) >= 11 is 0. The lowest BCUT2D eigenvalue weighted by Gasteiger charge is -2.27. The molecule has 7 atom stereocenters. The fourth-order valence-electron chi connectivity index (χ4n) is 6.94. The van der Waals surface area contributed by atoms with Gasteiger partial charge in [0.1, 0.15) is 42.3 Å². The van der Waals surface area contributed by atoms with E-state index in [2.05, 4.69) is 57.5 Å². The Labute approximate surface area is 376 Å². The third-order valence-corrected chi connectivity index (χ3v) is 10.5. The highest BCUT2D eigenvalue weighted by molar-refractivity contribution is 5.98. The van der Waals surface area contributed by atoms with Crippen LogP contribution in [0.15, 0.2) is 73.3 Å². The number of para-hydroxylation sites is 1. The zero-order valence-electron chi connectivity index (χ0n) is 35.4. The number of rotatable bonds is 24. The van der Waals surface area contributed by atoms with E-state index < -0.39 is 116 Å². The van der Waals surface area contributed by atoms with Crippen molar-refractivity contribution in [2.45, 2.75) is 74.4 Å². The van der Waals surface area contributed by atoms with Crippen LogP contribution in [0.4, 0.5) is 0 Å². The molecule has 24 nitrogen and oxygen atoms in total. The maximum absolute atomic E-state index is 14.1. The van der Waals surface area contributed by atoms with E-state index in [4.69, 9.17) is 5.73 Å². The average molecular weight is 917 g/mol. The summed E-state index contributed by atoms with van der Waals surface area (Å²) in [6.07, 6.45) is 4.06. The van der Waals surface area contributed by atoms with E-state index in [9.17, 15) is 58.5 Å². The first-order valence-electron chi connectivity index (χ1n) is 20.8. The topological polar surface area (TPSA) is 381 Å². The van der Waals surface area contributed by atoms with Crippen LogP contribution in [-0.4, -0.2) is 152 Å². The van der Waals surface area contributed by atoms with Crippen molar-refractivity contribution in [3.05, 3.63) is 90.1 Å². The van der Waals surface area contributed by atoms with Crippen molar-refractivity contribution in [2.75, 3.05) is 26.4 Å². The summed E-state index contributed by atoms with van der Waals surface area (Å²) in [6, 6.07) is 5.28. The van der Waals surface area contributed by atoms with E-state index in [1.165, 1.54) is 12.5 Å². The van der Waals surface area contributed by atoms with Crippen LogP contribution in [0, 0.1) is 0 Å². The van der Waals surface area contributed by atoms with Crippen LogP contribution >= 0.6 is 0 Å². The summed E-state index contributed by atoms with van der Waals surface area (Å²) in [7, 11) is 0. The average Bonchev–Trinajstić information content (AvgIpc) is 4.09. The Bertz CT molecular complexity index is 2360. The molecule has 15 N–H and O–H groups in total. The number of hydrogen-bond acceptors (Lipinski definition) is 13. The largest absolute Gasteiger partial charge is 0.394 e. The molecule has 0 saturated carbocycles. The molecule has 0 spiro atoms. The van der Waals surface area contributed by atoms with E-state index in [1.54, 1.807) is 60.8 Å². The van der Waals surface area contributed by atoms with Crippen molar-refractivity contribution in [3.63, 3.8) is 0 Å². The highest BCUT2D eigenvalue weighted by Gasteiger charge is 2.35. The smallest absolute Gasteiger partial charge is 0.245 e. The summed E-state index contributed by atoms with van der Waals surface area (Å²) in [6.45, 7) is -3.41. The summed E-state index contributed by atoms with van der Waals surface area (Å²) in [5, 5.41) is 50.3. The second-order valence-electron chi connectivity index (χ2n) is 15.3. The Kier molecular flexibility index (Phi) is 17.8. The summed E-state index contributed by atoms with van der Waals surface area (Å²) in [5.41, 5.74) is 7.47. The van der Waals surface area contributed by atoms with Crippen molar-refractivity contribution < 1.29 is 58.5 Å².